The monoisotopic (exact) mass is 297 g/mol. The Labute approximate surface area is 120 Å². The topological polar surface area (TPSA) is 56.1 Å². The minimum atomic E-state index is -4.60. The van der Waals surface area contributed by atoms with E-state index in [1.807, 2.05) is 6.07 Å². The van der Waals surface area contributed by atoms with Gasteiger partial charge in [0.1, 0.15) is 0 Å². The predicted octanol–water partition coefficient (Wildman–Crippen LogP) is 2.06. The molecule has 0 radical (unpaired) electrons. The maximum absolute atomic E-state index is 13.3. The first kappa shape index (κ1) is 15.3. The second-order valence-electron chi connectivity index (χ2n) is 5.03. The largest absolute Gasteiger partial charge is 0.404 e. The van der Waals surface area contributed by atoms with Gasteiger partial charge >= 0.3 is 6.18 Å². The van der Waals surface area contributed by atoms with E-state index in [0.29, 0.717) is 11.3 Å². The van der Waals surface area contributed by atoms with Gasteiger partial charge in [-0.2, -0.15) is 18.4 Å². The van der Waals surface area contributed by atoms with Gasteiger partial charge < -0.3 is 10.2 Å². The number of carbonyl (C=O) groups excluding carboxylic acids is 1. The Morgan fingerprint density at radius 2 is 2.00 bits per heavy atom. The Hall–Kier alpha value is -2.07. The molecule has 1 aromatic carbocycles. The summed E-state index contributed by atoms with van der Waals surface area (Å²) in [5.74, 6) is -0.982. The van der Waals surface area contributed by atoms with Crippen molar-refractivity contribution in [1.82, 2.24) is 5.32 Å². The van der Waals surface area contributed by atoms with Crippen molar-refractivity contribution in [2.45, 2.75) is 12.6 Å². The van der Waals surface area contributed by atoms with E-state index in [1.54, 1.807) is 0 Å². The number of nitriles is 1. The van der Waals surface area contributed by atoms with Crippen molar-refractivity contribution in [1.29, 1.82) is 5.26 Å². The lowest BCUT2D eigenvalue weighted by molar-refractivity contribution is -0.214. The second kappa shape index (κ2) is 5.37. The normalized spacial score (nSPS) is 21.9. The number of benzene rings is 1. The summed E-state index contributed by atoms with van der Waals surface area (Å²) in [4.78, 5) is 13.4. The maximum atomic E-state index is 13.3. The zero-order chi connectivity index (χ0) is 15.7. The van der Waals surface area contributed by atoms with E-state index in [1.165, 1.54) is 31.3 Å². The molecule has 1 heterocycles. The van der Waals surface area contributed by atoms with Crippen molar-refractivity contribution in [3.63, 3.8) is 0 Å². The van der Waals surface area contributed by atoms with Gasteiger partial charge in [-0.3, -0.25) is 4.79 Å². The molecule has 0 spiro atoms. The van der Waals surface area contributed by atoms with Gasteiger partial charge in [-0.1, -0.05) is 0 Å². The van der Waals surface area contributed by atoms with E-state index in [-0.39, 0.29) is 13.0 Å². The van der Waals surface area contributed by atoms with Gasteiger partial charge in [0, 0.05) is 19.3 Å². The van der Waals surface area contributed by atoms with Crippen LogP contribution in [0.25, 0.3) is 0 Å². The van der Waals surface area contributed by atoms with E-state index in [0.717, 1.165) is 4.90 Å². The minimum Gasteiger partial charge on any atom is -0.315 e. The molecule has 0 aromatic heterocycles. The van der Waals surface area contributed by atoms with Crippen molar-refractivity contribution >= 4 is 11.6 Å². The van der Waals surface area contributed by atoms with E-state index in [9.17, 15) is 18.0 Å². The lowest BCUT2D eigenvalue weighted by atomic mass is 9.84. The Kier molecular flexibility index (Phi) is 3.92. The second-order valence-corrected chi connectivity index (χ2v) is 5.03. The third-order valence-electron chi connectivity index (χ3n) is 3.80. The van der Waals surface area contributed by atoms with Gasteiger partial charge in [-0.15, -0.1) is 0 Å². The number of hydrogen-bond donors (Lipinski definition) is 1. The highest BCUT2D eigenvalue weighted by Gasteiger charge is 2.62. The summed E-state index contributed by atoms with van der Waals surface area (Å²) in [5, 5.41) is 11.3. The number of nitrogens with zero attached hydrogens (tertiary/aromatic N) is 2. The quantitative estimate of drug-likeness (QED) is 0.909. The number of anilines is 1. The highest BCUT2D eigenvalue weighted by atomic mass is 19.4. The fraction of sp³-hybridized carbons (Fsp3) is 0.429. The summed E-state index contributed by atoms with van der Waals surface area (Å²) in [5.41, 5.74) is -1.67. The zero-order valence-corrected chi connectivity index (χ0v) is 11.4. The van der Waals surface area contributed by atoms with Crippen molar-refractivity contribution in [2.24, 2.45) is 5.41 Å². The average Bonchev–Trinajstić information content (AvgIpc) is 2.96. The molecule has 1 N–H and O–H groups in total. The Bertz CT molecular complexity index is 569. The Balaban J connectivity index is 2.31. The van der Waals surface area contributed by atoms with E-state index < -0.39 is 24.0 Å². The van der Waals surface area contributed by atoms with Crippen LogP contribution in [0.1, 0.15) is 12.0 Å². The summed E-state index contributed by atoms with van der Waals surface area (Å²) < 4.78 is 40.0. The van der Waals surface area contributed by atoms with Crippen LogP contribution in [0.4, 0.5) is 18.9 Å². The molecule has 0 bridgehead atoms. The van der Waals surface area contributed by atoms with Crippen LogP contribution in [0.5, 0.6) is 0 Å². The van der Waals surface area contributed by atoms with Gasteiger partial charge in [-0.05, 0) is 37.2 Å². The molecule has 112 valence electrons. The summed E-state index contributed by atoms with van der Waals surface area (Å²) in [6, 6.07) is 7.77. The molecule has 1 fully saturated rings. The molecule has 0 saturated carbocycles. The molecule has 1 aliphatic heterocycles. The van der Waals surface area contributed by atoms with Crippen LogP contribution in [0.15, 0.2) is 24.3 Å². The standard InChI is InChI=1S/C14H14F3N3O/c1-20(11-4-2-10(8-18)3-5-11)12(21)13(14(15,16)17)6-7-19-9-13/h2-5,19H,6-7,9H2,1H3. The minimum absolute atomic E-state index is 0.159. The Morgan fingerprint density at radius 3 is 2.43 bits per heavy atom. The smallest absolute Gasteiger partial charge is 0.315 e. The molecule has 1 saturated heterocycles. The molecular weight excluding hydrogens is 283 g/mol. The molecule has 2 rings (SSSR count). The first-order valence-corrected chi connectivity index (χ1v) is 6.37. The Morgan fingerprint density at radius 1 is 1.38 bits per heavy atom. The van der Waals surface area contributed by atoms with Gasteiger partial charge in [0.05, 0.1) is 11.6 Å². The highest BCUT2D eigenvalue weighted by molar-refractivity contribution is 5.98. The average molecular weight is 297 g/mol. The van der Waals surface area contributed by atoms with Crippen LogP contribution in [0.2, 0.25) is 0 Å². The summed E-state index contributed by atoms with van der Waals surface area (Å²) >= 11 is 0. The van der Waals surface area contributed by atoms with Crippen LogP contribution in [0.3, 0.4) is 0 Å². The lowest BCUT2D eigenvalue weighted by Gasteiger charge is -2.33. The lowest BCUT2D eigenvalue weighted by Crippen LogP contribution is -2.52. The molecule has 7 heteroatoms. The maximum Gasteiger partial charge on any atom is 0.404 e. The number of nitrogens with one attached hydrogen (secondary N) is 1. The van der Waals surface area contributed by atoms with Crippen molar-refractivity contribution in [3.05, 3.63) is 29.8 Å². The number of alkyl halides is 3. The van der Waals surface area contributed by atoms with Crippen molar-refractivity contribution < 1.29 is 18.0 Å². The third kappa shape index (κ3) is 2.59. The SMILES string of the molecule is CN(C(=O)C1(C(F)(F)F)CCNC1)c1ccc(C#N)cc1. The van der Waals surface area contributed by atoms with E-state index in [2.05, 4.69) is 5.32 Å². The van der Waals surface area contributed by atoms with Crippen LogP contribution < -0.4 is 10.2 Å². The summed E-state index contributed by atoms with van der Waals surface area (Å²) in [6.07, 6.45) is -4.87. The fourth-order valence-electron chi connectivity index (χ4n) is 2.44. The van der Waals surface area contributed by atoms with Gasteiger partial charge in [-0.25, -0.2) is 0 Å². The third-order valence-corrected chi connectivity index (χ3v) is 3.80. The van der Waals surface area contributed by atoms with E-state index >= 15 is 0 Å². The number of carbonyl (C=O) groups is 1. The molecule has 1 unspecified atom stereocenters. The van der Waals surface area contributed by atoms with Crippen molar-refractivity contribution in [3.8, 4) is 6.07 Å². The summed E-state index contributed by atoms with van der Waals surface area (Å²) in [6.45, 7) is -0.248. The number of rotatable bonds is 2. The molecule has 21 heavy (non-hydrogen) atoms. The van der Waals surface area contributed by atoms with Crippen LogP contribution in [0, 0.1) is 16.7 Å². The first-order valence-electron chi connectivity index (χ1n) is 6.37. The van der Waals surface area contributed by atoms with Crippen LogP contribution >= 0.6 is 0 Å². The molecule has 0 aliphatic carbocycles. The summed E-state index contributed by atoms with van der Waals surface area (Å²) in [7, 11) is 1.32. The fourth-order valence-corrected chi connectivity index (χ4v) is 2.44. The molecule has 1 atom stereocenters. The molecule has 1 amide bonds. The van der Waals surface area contributed by atoms with Gasteiger partial charge in [0.25, 0.3) is 0 Å². The van der Waals surface area contributed by atoms with Gasteiger partial charge in [0.15, 0.2) is 5.41 Å². The highest BCUT2D eigenvalue weighted by Crippen LogP contribution is 2.44. The molecule has 1 aromatic rings. The van der Waals surface area contributed by atoms with Crippen molar-refractivity contribution in [2.75, 3.05) is 25.0 Å². The van der Waals surface area contributed by atoms with Crippen LogP contribution in [-0.2, 0) is 4.79 Å². The first-order chi connectivity index (χ1) is 9.82. The number of amides is 1. The number of halogens is 3. The van der Waals surface area contributed by atoms with Gasteiger partial charge in [0.2, 0.25) is 5.91 Å². The molecule has 4 nitrogen and oxygen atoms in total. The molecular formula is C14H14F3N3O. The number of hydrogen-bond acceptors (Lipinski definition) is 3. The molecule has 1 aliphatic rings. The zero-order valence-electron chi connectivity index (χ0n) is 11.4. The van der Waals surface area contributed by atoms with E-state index in [4.69, 9.17) is 5.26 Å². The predicted molar refractivity (Wildman–Crippen MR) is 70.5 cm³/mol. The van der Waals surface area contributed by atoms with Crippen LogP contribution in [-0.4, -0.2) is 32.2 Å².